The van der Waals surface area contributed by atoms with Gasteiger partial charge in [0.25, 0.3) is 0 Å². The average molecular weight is 415 g/mol. The summed E-state index contributed by atoms with van der Waals surface area (Å²) < 4.78 is 11.6. The Kier molecular flexibility index (Phi) is 5.23. The van der Waals surface area contributed by atoms with Crippen LogP contribution in [0.4, 0.5) is 4.79 Å². The molecule has 6 heteroatoms. The van der Waals surface area contributed by atoms with Gasteiger partial charge in [-0.2, -0.15) is 0 Å². The predicted molar refractivity (Wildman–Crippen MR) is 114 cm³/mol. The molecule has 4 rings (SSSR count). The summed E-state index contributed by atoms with van der Waals surface area (Å²) >= 11 is 0. The van der Waals surface area contributed by atoms with E-state index in [9.17, 15) is 9.59 Å². The number of benzene rings is 1. The summed E-state index contributed by atoms with van der Waals surface area (Å²) in [4.78, 5) is 26.8. The van der Waals surface area contributed by atoms with Crippen LogP contribution in [0.1, 0.15) is 58.9 Å². The first-order chi connectivity index (χ1) is 14.0. The molecule has 30 heavy (non-hydrogen) atoms. The molecule has 3 fully saturated rings. The topological polar surface area (TPSA) is 67.9 Å². The fourth-order valence-electron chi connectivity index (χ4n) is 4.45. The summed E-state index contributed by atoms with van der Waals surface area (Å²) in [5.41, 5.74) is 0.316. The lowest BCUT2D eigenvalue weighted by Crippen LogP contribution is -2.49. The van der Waals surface area contributed by atoms with Gasteiger partial charge in [-0.05, 0) is 76.8 Å². The number of hydrogen-bond donors (Lipinski definition) is 1. The summed E-state index contributed by atoms with van der Waals surface area (Å²) in [7, 11) is 0. The van der Waals surface area contributed by atoms with Crippen molar-refractivity contribution in [3.05, 3.63) is 29.8 Å². The van der Waals surface area contributed by atoms with E-state index in [1.165, 1.54) is 18.4 Å². The Morgan fingerprint density at radius 3 is 2.30 bits per heavy atom. The van der Waals surface area contributed by atoms with Crippen molar-refractivity contribution in [3.63, 3.8) is 0 Å². The Morgan fingerprint density at radius 2 is 1.70 bits per heavy atom. The monoisotopic (exact) mass is 414 g/mol. The molecule has 1 saturated heterocycles. The molecule has 1 aliphatic heterocycles. The third kappa shape index (κ3) is 4.73. The summed E-state index contributed by atoms with van der Waals surface area (Å²) in [5, 5.41) is 3.17. The number of likely N-dealkylation sites (tertiary alicyclic amines) is 1. The highest BCUT2D eigenvalue weighted by Crippen LogP contribution is 2.52. The number of hydrogen-bond acceptors (Lipinski definition) is 4. The first-order valence-electron chi connectivity index (χ1n) is 11.1. The maximum absolute atomic E-state index is 12.8. The van der Waals surface area contributed by atoms with Crippen LogP contribution in [0.3, 0.4) is 0 Å². The van der Waals surface area contributed by atoms with Gasteiger partial charge in [0.2, 0.25) is 5.91 Å². The van der Waals surface area contributed by atoms with E-state index in [-0.39, 0.29) is 29.8 Å². The van der Waals surface area contributed by atoms with Gasteiger partial charge in [0.15, 0.2) is 0 Å². The minimum atomic E-state index is -0.497. The van der Waals surface area contributed by atoms with E-state index in [0.29, 0.717) is 25.6 Å². The van der Waals surface area contributed by atoms with Gasteiger partial charge in [-0.15, -0.1) is 0 Å². The number of nitrogens with one attached hydrogen (secondary N) is 1. The molecule has 0 aromatic heterocycles. The van der Waals surface area contributed by atoms with Gasteiger partial charge in [0.1, 0.15) is 18.0 Å². The second kappa shape index (κ2) is 7.47. The first-order valence-corrected chi connectivity index (χ1v) is 11.1. The lowest BCUT2D eigenvalue weighted by molar-refractivity contribution is -0.125. The number of carbonyl (C=O) groups excluding carboxylic acids is 2. The number of nitrogens with zero attached hydrogens (tertiary/aromatic N) is 1. The molecule has 0 spiro atoms. The Balaban J connectivity index is 1.25. The van der Waals surface area contributed by atoms with Gasteiger partial charge >= 0.3 is 6.09 Å². The molecule has 0 radical (unpaired) electrons. The zero-order valence-corrected chi connectivity index (χ0v) is 18.7. The van der Waals surface area contributed by atoms with Crippen LogP contribution in [-0.2, 0) is 9.53 Å². The number of amides is 2. The molecule has 2 saturated carbocycles. The quantitative estimate of drug-likeness (QED) is 0.765. The van der Waals surface area contributed by atoms with E-state index < -0.39 is 11.1 Å². The van der Waals surface area contributed by atoms with Crippen LogP contribution in [-0.4, -0.2) is 47.7 Å². The fourth-order valence-corrected chi connectivity index (χ4v) is 4.45. The molecular weight excluding hydrogens is 380 g/mol. The highest BCUT2D eigenvalue weighted by Gasteiger charge is 2.61. The van der Waals surface area contributed by atoms with Gasteiger partial charge in [-0.3, -0.25) is 4.79 Å². The third-order valence-corrected chi connectivity index (χ3v) is 6.13. The highest BCUT2D eigenvalue weighted by molar-refractivity contribution is 5.84. The number of piperidine rings is 1. The maximum Gasteiger partial charge on any atom is 0.410 e. The van der Waals surface area contributed by atoms with Crippen molar-refractivity contribution < 1.29 is 19.1 Å². The second-order valence-electron chi connectivity index (χ2n) is 10.7. The Hall–Kier alpha value is -2.24. The van der Waals surface area contributed by atoms with Crippen molar-refractivity contribution in [3.8, 4) is 5.75 Å². The van der Waals surface area contributed by atoms with Crippen molar-refractivity contribution in [2.24, 2.45) is 17.8 Å². The molecule has 3 atom stereocenters. The molecule has 2 aliphatic carbocycles. The molecule has 1 aromatic carbocycles. The fraction of sp³-hybridized carbons (Fsp3) is 0.667. The number of carbonyl (C=O) groups is 2. The average Bonchev–Trinajstić information content (AvgIpc) is 3.56. The third-order valence-electron chi connectivity index (χ3n) is 6.13. The van der Waals surface area contributed by atoms with Crippen LogP contribution in [0.15, 0.2) is 24.3 Å². The van der Waals surface area contributed by atoms with Crippen molar-refractivity contribution in [2.75, 3.05) is 19.7 Å². The minimum Gasteiger partial charge on any atom is -0.491 e. The van der Waals surface area contributed by atoms with Crippen LogP contribution in [0.2, 0.25) is 0 Å². The zero-order chi connectivity index (χ0) is 21.7. The molecule has 1 unspecified atom stereocenters. The molecule has 1 heterocycles. The van der Waals surface area contributed by atoms with Gasteiger partial charge in [0.05, 0.1) is 5.54 Å². The van der Waals surface area contributed by atoms with E-state index in [4.69, 9.17) is 9.47 Å². The van der Waals surface area contributed by atoms with E-state index in [0.717, 1.165) is 5.75 Å². The molecule has 1 aromatic rings. The molecule has 0 bridgehead atoms. The minimum absolute atomic E-state index is 0.0123. The van der Waals surface area contributed by atoms with Gasteiger partial charge in [-0.1, -0.05) is 18.2 Å². The summed E-state index contributed by atoms with van der Waals surface area (Å²) in [6.07, 6.45) is 2.17. The van der Waals surface area contributed by atoms with Crippen LogP contribution >= 0.6 is 0 Å². The summed E-state index contributed by atoms with van der Waals surface area (Å²) in [6, 6.07) is 8.21. The van der Waals surface area contributed by atoms with Crippen LogP contribution in [0, 0.1) is 17.8 Å². The predicted octanol–water partition coefficient (Wildman–Crippen LogP) is 3.95. The van der Waals surface area contributed by atoms with E-state index in [1.54, 1.807) is 4.90 Å². The number of rotatable bonds is 6. The van der Waals surface area contributed by atoms with Crippen molar-refractivity contribution >= 4 is 12.0 Å². The molecule has 1 N–H and O–H groups in total. The number of fused-ring (bicyclic) bond motifs is 1. The first kappa shape index (κ1) is 21.0. The van der Waals surface area contributed by atoms with Crippen molar-refractivity contribution in [1.82, 2.24) is 10.2 Å². The molecule has 2 amide bonds. The molecular formula is C24H34N2O4. The van der Waals surface area contributed by atoms with E-state index in [1.807, 2.05) is 46.8 Å². The van der Waals surface area contributed by atoms with Gasteiger partial charge < -0.3 is 19.7 Å². The Morgan fingerprint density at radius 1 is 1.07 bits per heavy atom. The van der Waals surface area contributed by atoms with Gasteiger partial charge in [-0.25, -0.2) is 4.79 Å². The lowest BCUT2D eigenvalue weighted by atomic mass is 10.1. The normalized spacial score (nSPS) is 25.5. The molecule has 3 aliphatic rings. The van der Waals surface area contributed by atoms with Crippen LogP contribution in [0.25, 0.3) is 0 Å². The maximum atomic E-state index is 12.8. The Labute approximate surface area is 179 Å². The zero-order valence-electron chi connectivity index (χ0n) is 18.7. The molecule has 6 nitrogen and oxygen atoms in total. The number of ether oxygens (including phenoxy) is 2. The summed E-state index contributed by atoms with van der Waals surface area (Å²) in [6.45, 7) is 11.2. The summed E-state index contributed by atoms with van der Waals surface area (Å²) in [5.74, 6) is 2.09. The van der Waals surface area contributed by atoms with Crippen molar-refractivity contribution in [2.45, 2.75) is 64.5 Å². The number of para-hydroxylation sites is 1. The second-order valence-corrected chi connectivity index (χ2v) is 10.7. The van der Waals surface area contributed by atoms with Crippen molar-refractivity contribution in [1.29, 1.82) is 0 Å². The SMILES string of the molecule is CC(C)(COc1ccccc1C1CC1)NC(=O)C1[C@H]2CN(C(=O)OC(C)(C)C)C[C@@H]12. The molecule has 164 valence electrons. The highest BCUT2D eigenvalue weighted by atomic mass is 16.6. The van der Waals surface area contributed by atoms with E-state index in [2.05, 4.69) is 17.4 Å². The smallest absolute Gasteiger partial charge is 0.410 e. The van der Waals surface area contributed by atoms with E-state index >= 15 is 0 Å². The standard InChI is InChI=1S/C24H34N2O4/c1-23(2,3)30-22(28)26-12-17-18(13-26)20(17)21(27)25-24(4,5)14-29-19-9-7-6-8-16(19)15-10-11-15/h6-9,15,17-18,20H,10-14H2,1-5H3,(H,25,27)/t17-,18+,20?. The van der Waals surface area contributed by atoms with Gasteiger partial charge in [0, 0.05) is 19.0 Å². The Bertz CT molecular complexity index is 813. The van der Waals surface area contributed by atoms with Crippen LogP contribution in [0.5, 0.6) is 5.75 Å². The van der Waals surface area contributed by atoms with Crippen LogP contribution < -0.4 is 10.1 Å². The lowest BCUT2D eigenvalue weighted by Gasteiger charge is -2.28. The largest absolute Gasteiger partial charge is 0.491 e.